The Kier molecular flexibility index (Phi) is 6.19. The van der Waals surface area contributed by atoms with Crippen molar-refractivity contribution in [3.8, 4) is 11.3 Å². The van der Waals surface area contributed by atoms with Crippen molar-refractivity contribution in [2.45, 2.75) is 13.5 Å². The van der Waals surface area contributed by atoms with Gasteiger partial charge in [0, 0.05) is 23.7 Å². The zero-order valence-corrected chi connectivity index (χ0v) is 17.9. The number of benzene rings is 2. The first-order valence-electron chi connectivity index (χ1n) is 10.3. The molecule has 0 bridgehead atoms. The lowest BCUT2D eigenvalue weighted by Gasteiger charge is -2.20. The standard InChI is InChI=1S/C25H25N7/c1-17-5-11-22-21(14-17)24(31-23(30-22)12-10-20-4-2-3-13-29-20)19-8-6-18(7-9-19)15-32(16-26)25(27)28/h2-14H,15-16,26H2,1H3,(H3,27,28). The van der Waals surface area contributed by atoms with E-state index in [4.69, 9.17) is 26.8 Å². The second kappa shape index (κ2) is 9.36. The molecule has 0 aliphatic rings. The Bertz CT molecular complexity index is 1260. The molecule has 32 heavy (non-hydrogen) atoms. The summed E-state index contributed by atoms with van der Waals surface area (Å²) in [7, 11) is 0. The van der Waals surface area contributed by atoms with Crippen molar-refractivity contribution in [3.63, 3.8) is 0 Å². The SMILES string of the molecule is Cc1ccc2nc(C=Cc3ccccn3)nc(-c3ccc(CN(CN)C(=N)N)cc3)c2c1. The molecule has 0 atom stereocenters. The maximum absolute atomic E-state index is 7.61. The maximum Gasteiger partial charge on any atom is 0.189 e. The molecule has 0 aliphatic heterocycles. The molecule has 4 rings (SSSR count). The predicted molar refractivity (Wildman–Crippen MR) is 129 cm³/mol. The molecule has 7 nitrogen and oxygen atoms in total. The van der Waals surface area contributed by atoms with Gasteiger partial charge in [-0.05, 0) is 48.9 Å². The van der Waals surface area contributed by atoms with Crippen molar-refractivity contribution in [2.75, 3.05) is 6.67 Å². The number of nitrogens with two attached hydrogens (primary N) is 2. The van der Waals surface area contributed by atoms with Crippen LogP contribution in [-0.2, 0) is 6.54 Å². The summed E-state index contributed by atoms with van der Waals surface area (Å²) < 4.78 is 0. The number of aromatic nitrogens is 3. The van der Waals surface area contributed by atoms with E-state index in [1.165, 1.54) is 0 Å². The highest BCUT2D eigenvalue weighted by Gasteiger charge is 2.11. The topological polar surface area (TPSA) is 118 Å². The van der Waals surface area contributed by atoms with Crippen molar-refractivity contribution in [1.82, 2.24) is 19.9 Å². The molecule has 7 heteroatoms. The van der Waals surface area contributed by atoms with Crippen LogP contribution < -0.4 is 11.5 Å². The predicted octanol–water partition coefficient (Wildman–Crippen LogP) is 3.78. The van der Waals surface area contributed by atoms with Crippen LogP contribution in [-0.4, -0.2) is 32.5 Å². The van der Waals surface area contributed by atoms with Gasteiger partial charge in [-0.2, -0.15) is 0 Å². The summed E-state index contributed by atoms with van der Waals surface area (Å²) in [5.74, 6) is 0.579. The van der Waals surface area contributed by atoms with Gasteiger partial charge in [-0.25, -0.2) is 9.97 Å². The number of rotatable bonds is 6. The smallest absolute Gasteiger partial charge is 0.189 e. The van der Waals surface area contributed by atoms with E-state index < -0.39 is 0 Å². The monoisotopic (exact) mass is 423 g/mol. The number of nitrogens with zero attached hydrogens (tertiary/aromatic N) is 4. The number of pyridine rings is 1. The first-order valence-corrected chi connectivity index (χ1v) is 10.3. The van der Waals surface area contributed by atoms with E-state index >= 15 is 0 Å². The third-order valence-electron chi connectivity index (χ3n) is 5.12. The number of nitrogens with one attached hydrogen (secondary N) is 1. The average Bonchev–Trinajstić information content (AvgIpc) is 2.81. The van der Waals surface area contributed by atoms with Crippen LogP contribution in [0.2, 0.25) is 0 Å². The Hall–Kier alpha value is -4.10. The third kappa shape index (κ3) is 4.79. The molecule has 2 heterocycles. The third-order valence-corrected chi connectivity index (χ3v) is 5.12. The van der Waals surface area contributed by atoms with Crippen LogP contribution in [0.15, 0.2) is 66.9 Å². The van der Waals surface area contributed by atoms with Crippen molar-refractivity contribution in [2.24, 2.45) is 11.5 Å². The van der Waals surface area contributed by atoms with Gasteiger partial charge >= 0.3 is 0 Å². The van der Waals surface area contributed by atoms with Crippen LogP contribution in [0.5, 0.6) is 0 Å². The summed E-state index contributed by atoms with van der Waals surface area (Å²) >= 11 is 0. The molecule has 0 spiro atoms. The molecule has 0 saturated carbocycles. The number of hydrogen-bond acceptors (Lipinski definition) is 5. The Morgan fingerprint density at radius 1 is 1.03 bits per heavy atom. The normalized spacial score (nSPS) is 11.2. The molecular formula is C25H25N7. The van der Waals surface area contributed by atoms with Crippen molar-refractivity contribution in [1.29, 1.82) is 5.41 Å². The second-order valence-electron chi connectivity index (χ2n) is 7.50. The zero-order valence-electron chi connectivity index (χ0n) is 17.9. The van der Waals surface area contributed by atoms with Crippen LogP contribution in [0.1, 0.15) is 22.6 Å². The highest BCUT2D eigenvalue weighted by molar-refractivity contribution is 5.93. The lowest BCUT2D eigenvalue weighted by atomic mass is 10.0. The summed E-state index contributed by atoms with van der Waals surface area (Å²) in [6.45, 7) is 2.73. The minimum absolute atomic E-state index is 0.0434. The highest BCUT2D eigenvalue weighted by Crippen LogP contribution is 2.28. The molecule has 0 amide bonds. The van der Waals surface area contributed by atoms with Crippen LogP contribution >= 0.6 is 0 Å². The zero-order chi connectivity index (χ0) is 22.5. The lowest BCUT2D eigenvalue weighted by molar-refractivity contribution is 0.417. The van der Waals surface area contributed by atoms with Gasteiger partial charge in [0.2, 0.25) is 0 Å². The quantitative estimate of drug-likeness (QED) is 0.247. The van der Waals surface area contributed by atoms with E-state index in [1.807, 2.05) is 60.7 Å². The number of aryl methyl sites for hydroxylation is 1. The van der Waals surface area contributed by atoms with Gasteiger partial charge in [0.25, 0.3) is 0 Å². The Balaban J connectivity index is 1.72. The molecular weight excluding hydrogens is 398 g/mol. The number of fused-ring (bicyclic) bond motifs is 1. The van der Waals surface area contributed by atoms with E-state index in [2.05, 4.69) is 24.0 Å². The summed E-state index contributed by atoms with van der Waals surface area (Å²) in [6, 6.07) is 20.0. The summed E-state index contributed by atoms with van der Waals surface area (Å²) in [5, 5.41) is 8.61. The summed E-state index contributed by atoms with van der Waals surface area (Å²) in [6.07, 6.45) is 5.55. The molecule has 0 aliphatic carbocycles. The van der Waals surface area contributed by atoms with E-state index in [9.17, 15) is 0 Å². The number of hydrogen-bond donors (Lipinski definition) is 3. The van der Waals surface area contributed by atoms with Crippen molar-refractivity contribution in [3.05, 3.63) is 89.5 Å². The molecule has 0 saturated heterocycles. The van der Waals surface area contributed by atoms with Crippen LogP contribution in [0.4, 0.5) is 0 Å². The van der Waals surface area contributed by atoms with Crippen LogP contribution in [0, 0.1) is 12.3 Å². The minimum Gasteiger partial charge on any atom is -0.370 e. The van der Waals surface area contributed by atoms with E-state index in [0.717, 1.165) is 39.0 Å². The maximum atomic E-state index is 7.61. The molecule has 0 radical (unpaired) electrons. The van der Waals surface area contributed by atoms with Gasteiger partial charge < -0.3 is 16.4 Å². The first-order chi connectivity index (χ1) is 15.5. The van der Waals surface area contributed by atoms with E-state index in [1.54, 1.807) is 11.1 Å². The molecule has 0 fully saturated rings. The molecule has 2 aromatic heterocycles. The fourth-order valence-corrected chi connectivity index (χ4v) is 3.43. The summed E-state index contributed by atoms with van der Waals surface area (Å²) in [4.78, 5) is 15.5. The molecule has 160 valence electrons. The Morgan fingerprint density at radius 3 is 2.53 bits per heavy atom. The van der Waals surface area contributed by atoms with Crippen LogP contribution in [0.25, 0.3) is 34.3 Å². The largest absolute Gasteiger partial charge is 0.370 e. The van der Waals surface area contributed by atoms with E-state index in [-0.39, 0.29) is 12.6 Å². The lowest BCUT2D eigenvalue weighted by Crippen LogP contribution is -2.39. The van der Waals surface area contributed by atoms with Gasteiger partial charge in [0.1, 0.15) is 0 Å². The number of guanidine groups is 1. The highest BCUT2D eigenvalue weighted by atomic mass is 15.3. The first kappa shape index (κ1) is 21.1. The fourth-order valence-electron chi connectivity index (χ4n) is 3.43. The van der Waals surface area contributed by atoms with Gasteiger partial charge in [-0.15, -0.1) is 0 Å². The molecule has 4 aromatic rings. The average molecular weight is 424 g/mol. The van der Waals surface area contributed by atoms with Gasteiger partial charge in [0.15, 0.2) is 11.8 Å². The second-order valence-corrected chi connectivity index (χ2v) is 7.50. The van der Waals surface area contributed by atoms with Gasteiger partial charge in [0.05, 0.1) is 23.6 Å². The van der Waals surface area contributed by atoms with Gasteiger partial charge in [-0.1, -0.05) is 42.0 Å². The van der Waals surface area contributed by atoms with Crippen LogP contribution in [0.3, 0.4) is 0 Å². The van der Waals surface area contributed by atoms with Crippen molar-refractivity contribution >= 4 is 29.0 Å². The summed E-state index contributed by atoms with van der Waals surface area (Å²) in [5.41, 5.74) is 17.0. The molecule has 2 aromatic carbocycles. The molecule has 0 unspecified atom stereocenters. The fraction of sp³-hybridized carbons (Fsp3) is 0.120. The minimum atomic E-state index is -0.0434. The Labute approximate surface area is 187 Å². The van der Waals surface area contributed by atoms with Gasteiger partial charge in [-0.3, -0.25) is 10.4 Å². The Morgan fingerprint density at radius 2 is 1.84 bits per heavy atom. The van der Waals surface area contributed by atoms with E-state index in [0.29, 0.717) is 12.4 Å². The van der Waals surface area contributed by atoms with Crippen molar-refractivity contribution < 1.29 is 0 Å². The molecule has 5 N–H and O–H groups in total.